The number of rotatable bonds is 3. The second-order valence-electron chi connectivity index (χ2n) is 6.29. The van der Waals surface area contributed by atoms with Crippen molar-refractivity contribution >= 4 is 17.5 Å². The smallest absolute Gasteiger partial charge is 0.227 e. The number of aliphatic hydroxyl groups excluding tert-OH is 1. The van der Waals surface area contributed by atoms with Gasteiger partial charge in [0, 0.05) is 37.2 Å². The summed E-state index contributed by atoms with van der Waals surface area (Å²) in [5.41, 5.74) is 0.964. The first-order valence-electron chi connectivity index (χ1n) is 8.08. The van der Waals surface area contributed by atoms with E-state index in [2.05, 4.69) is 4.90 Å². The van der Waals surface area contributed by atoms with Gasteiger partial charge in [0.15, 0.2) is 0 Å². The Morgan fingerprint density at radius 2 is 2.00 bits per heavy atom. The molecule has 1 saturated carbocycles. The van der Waals surface area contributed by atoms with Gasteiger partial charge in [-0.1, -0.05) is 23.7 Å². The molecule has 1 N–H and O–H groups in total. The molecule has 2 fully saturated rings. The fourth-order valence-corrected chi connectivity index (χ4v) is 3.80. The largest absolute Gasteiger partial charge is 0.391 e. The monoisotopic (exact) mass is 322 g/mol. The quantitative estimate of drug-likeness (QED) is 0.925. The molecule has 1 aliphatic carbocycles. The van der Waals surface area contributed by atoms with E-state index in [1.807, 2.05) is 29.2 Å². The average molecular weight is 323 g/mol. The lowest BCUT2D eigenvalue weighted by molar-refractivity contribution is -0.132. The molecule has 0 radical (unpaired) electrons. The van der Waals surface area contributed by atoms with Crippen LogP contribution in [-0.4, -0.2) is 59.1 Å². The van der Waals surface area contributed by atoms with E-state index in [0.717, 1.165) is 51.0 Å². The number of carbonyl (C=O) groups excluding carboxylic acids is 1. The lowest BCUT2D eigenvalue weighted by atomic mass is 10.1. The standard InChI is InChI=1S/C17H23ClN2O2/c18-14-4-1-3-13(11-14)12-17(22)20-9-7-19(8-10-20)15-5-2-6-16(15)21/h1,3-4,11,15-16,21H,2,5-10,12H2/t15-,16+/m0/s1. The van der Waals surface area contributed by atoms with Crippen molar-refractivity contribution in [1.29, 1.82) is 0 Å². The number of hydrogen-bond acceptors (Lipinski definition) is 3. The third-order valence-corrected chi connectivity index (χ3v) is 5.06. The van der Waals surface area contributed by atoms with E-state index >= 15 is 0 Å². The third-order valence-electron chi connectivity index (χ3n) is 4.82. The first-order chi connectivity index (χ1) is 10.6. The molecule has 1 amide bonds. The van der Waals surface area contributed by atoms with Crippen molar-refractivity contribution in [2.75, 3.05) is 26.2 Å². The predicted molar refractivity (Wildman–Crippen MR) is 87.0 cm³/mol. The zero-order valence-corrected chi connectivity index (χ0v) is 13.5. The summed E-state index contributed by atoms with van der Waals surface area (Å²) in [6, 6.07) is 7.79. The van der Waals surface area contributed by atoms with Crippen LogP contribution in [0.15, 0.2) is 24.3 Å². The predicted octanol–water partition coefficient (Wildman–Crippen LogP) is 1.94. The molecule has 2 aliphatic rings. The summed E-state index contributed by atoms with van der Waals surface area (Å²) < 4.78 is 0. The maximum atomic E-state index is 12.4. The van der Waals surface area contributed by atoms with Gasteiger partial charge in [0.25, 0.3) is 0 Å². The molecule has 4 nitrogen and oxygen atoms in total. The van der Waals surface area contributed by atoms with Gasteiger partial charge in [-0.2, -0.15) is 0 Å². The molecule has 5 heteroatoms. The van der Waals surface area contributed by atoms with Crippen LogP contribution in [0.25, 0.3) is 0 Å². The summed E-state index contributed by atoms with van der Waals surface area (Å²) >= 11 is 5.96. The van der Waals surface area contributed by atoms with Crippen molar-refractivity contribution in [3.05, 3.63) is 34.9 Å². The van der Waals surface area contributed by atoms with Crippen molar-refractivity contribution in [2.24, 2.45) is 0 Å². The van der Waals surface area contributed by atoms with E-state index in [9.17, 15) is 9.90 Å². The minimum absolute atomic E-state index is 0.161. The second kappa shape index (κ2) is 6.99. The number of aliphatic hydroxyl groups is 1. The van der Waals surface area contributed by atoms with Crippen molar-refractivity contribution < 1.29 is 9.90 Å². The zero-order chi connectivity index (χ0) is 15.5. The Bertz CT molecular complexity index is 529. The fourth-order valence-electron chi connectivity index (χ4n) is 3.58. The van der Waals surface area contributed by atoms with Crippen LogP contribution in [0.2, 0.25) is 5.02 Å². The van der Waals surface area contributed by atoms with Gasteiger partial charge in [0.05, 0.1) is 12.5 Å². The fraction of sp³-hybridized carbons (Fsp3) is 0.588. The van der Waals surface area contributed by atoms with Crippen molar-refractivity contribution in [3.63, 3.8) is 0 Å². The van der Waals surface area contributed by atoms with Crippen LogP contribution in [0.4, 0.5) is 0 Å². The van der Waals surface area contributed by atoms with Crippen LogP contribution in [0.1, 0.15) is 24.8 Å². The average Bonchev–Trinajstić information content (AvgIpc) is 2.93. The molecule has 0 spiro atoms. The molecule has 1 saturated heterocycles. The van der Waals surface area contributed by atoms with E-state index < -0.39 is 0 Å². The Kier molecular flexibility index (Phi) is 5.01. The van der Waals surface area contributed by atoms with Gasteiger partial charge in [-0.3, -0.25) is 9.69 Å². The summed E-state index contributed by atoms with van der Waals surface area (Å²) in [5, 5.41) is 10.7. The van der Waals surface area contributed by atoms with Crippen LogP contribution in [-0.2, 0) is 11.2 Å². The van der Waals surface area contributed by atoms with E-state index in [1.54, 1.807) is 0 Å². The van der Waals surface area contributed by atoms with Gasteiger partial charge >= 0.3 is 0 Å². The highest BCUT2D eigenvalue weighted by Gasteiger charge is 2.33. The Hall–Kier alpha value is -1.10. The van der Waals surface area contributed by atoms with Crippen molar-refractivity contribution in [2.45, 2.75) is 37.8 Å². The highest BCUT2D eigenvalue weighted by atomic mass is 35.5. The van der Waals surface area contributed by atoms with Gasteiger partial charge in [0.2, 0.25) is 5.91 Å². The first kappa shape index (κ1) is 15.8. The lowest BCUT2D eigenvalue weighted by Gasteiger charge is -2.39. The van der Waals surface area contributed by atoms with Gasteiger partial charge in [-0.05, 0) is 37.0 Å². The minimum Gasteiger partial charge on any atom is -0.391 e. The highest BCUT2D eigenvalue weighted by Crippen LogP contribution is 2.25. The van der Waals surface area contributed by atoms with E-state index in [1.165, 1.54) is 0 Å². The van der Waals surface area contributed by atoms with Gasteiger partial charge in [0.1, 0.15) is 0 Å². The molecular formula is C17H23ClN2O2. The van der Waals surface area contributed by atoms with Crippen molar-refractivity contribution in [3.8, 4) is 0 Å². The number of nitrogens with zero attached hydrogens (tertiary/aromatic N) is 2. The molecule has 1 aromatic carbocycles. The molecule has 1 heterocycles. The Morgan fingerprint density at radius 1 is 1.23 bits per heavy atom. The molecule has 0 aromatic heterocycles. The molecule has 1 aliphatic heterocycles. The number of piperazine rings is 1. The number of hydrogen-bond donors (Lipinski definition) is 1. The molecule has 1 aromatic rings. The summed E-state index contributed by atoms with van der Waals surface area (Å²) in [6.07, 6.45) is 3.33. The van der Waals surface area contributed by atoms with Gasteiger partial charge < -0.3 is 10.0 Å². The summed E-state index contributed by atoms with van der Waals surface area (Å²) in [4.78, 5) is 16.7. The molecule has 120 valence electrons. The number of carbonyl (C=O) groups is 1. The molecule has 3 rings (SSSR count). The van der Waals surface area contributed by atoms with E-state index in [4.69, 9.17) is 11.6 Å². The highest BCUT2D eigenvalue weighted by molar-refractivity contribution is 6.30. The first-order valence-corrected chi connectivity index (χ1v) is 8.45. The maximum Gasteiger partial charge on any atom is 0.227 e. The molecule has 0 unspecified atom stereocenters. The SMILES string of the molecule is O=C(Cc1cccc(Cl)c1)N1CCN([C@H]2CCC[C@H]2O)CC1. The normalized spacial score (nSPS) is 26.4. The van der Waals surface area contributed by atoms with Gasteiger partial charge in [-0.15, -0.1) is 0 Å². The summed E-state index contributed by atoms with van der Waals surface area (Å²) in [5.74, 6) is 0.161. The molecule has 22 heavy (non-hydrogen) atoms. The van der Waals surface area contributed by atoms with Crippen LogP contribution < -0.4 is 0 Å². The number of amides is 1. The van der Waals surface area contributed by atoms with Crippen LogP contribution >= 0.6 is 11.6 Å². The molecular weight excluding hydrogens is 300 g/mol. The summed E-state index contributed by atoms with van der Waals surface area (Å²) in [7, 11) is 0. The zero-order valence-electron chi connectivity index (χ0n) is 12.7. The van der Waals surface area contributed by atoms with E-state index in [0.29, 0.717) is 17.5 Å². The second-order valence-corrected chi connectivity index (χ2v) is 6.73. The Labute approximate surface area is 136 Å². The van der Waals surface area contributed by atoms with E-state index in [-0.39, 0.29) is 12.0 Å². The van der Waals surface area contributed by atoms with Gasteiger partial charge in [-0.25, -0.2) is 0 Å². The maximum absolute atomic E-state index is 12.4. The van der Waals surface area contributed by atoms with Crippen LogP contribution in [0.5, 0.6) is 0 Å². The molecule has 0 bridgehead atoms. The van der Waals surface area contributed by atoms with Crippen LogP contribution in [0.3, 0.4) is 0 Å². The number of benzene rings is 1. The third kappa shape index (κ3) is 3.62. The number of halogens is 1. The Balaban J connectivity index is 1.51. The summed E-state index contributed by atoms with van der Waals surface area (Å²) in [6.45, 7) is 3.23. The van der Waals surface area contributed by atoms with Crippen LogP contribution in [0, 0.1) is 0 Å². The molecule has 2 atom stereocenters. The minimum atomic E-state index is -0.186. The van der Waals surface area contributed by atoms with Crippen molar-refractivity contribution in [1.82, 2.24) is 9.80 Å². The topological polar surface area (TPSA) is 43.8 Å². The Morgan fingerprint density at radius 3 is 2.64 bits per heavy atom. The lowest BCUT2D eigenvalue weighted by Crippen LogP contribution is -2.53.